The number of alkyl halides is 1. The van der Waals surface area contributed by atoms with E-state index in [1.165, 1.54) is 7.11 Å². The maximum absolute atomic E-state index is 11.2. The van der Waals surface area contributed by atoms with Gasteiger partial charge in [0.25, 0.3) is 0 Å². The van der Waals surface area contributed by atoms with Crippen LogP contribution in [0.3, 0.4) is 0 Å². The fourth-order valence-electron chi connectivity index (χ4n) is 0.940. The Morgan fingerprint density at radius 1 is 1.47 bits per heavy atom. The Morgan fingerprint density at radius 2 is 2.20 bits per heavy atom. The molecule has 15 heavy (non-hydrogen) atoms. The molecule has 0 saturated heterocycles. The highest BCUT2D eigenvalue weighted by atomic mass is 35.5. The molecule has 82 valence electrons. The first-order valence-electron chi connectivity index (χ1n) is 4.27. The van der Waals surface area contributed by atoms with Gasteiger partial charge in [0.1, 0.15) is 5.75 Å². The van der Waals surface area contributed by atoms with Gasteiger partial charge in [-0.2, -0.15) is 0 Å². The average molecular weight is 249 g/mol. The number of benzene rings is 1. The van der Waals surface area contributed by atoms with Gasteiger partial charge in [0.2, 0.25) is 0 Å². The Labute approximate surface area is 97.9 Å². The molecule has 1 rings (SSSR count). The summed E-state index contributed by atoms with van der Waals surface area (Å²) in [5.74, 6) is 0.666. The molecule has 0 unspecified atom stereocenters. The predicted octanol–water partition coefficient (Wildman–Crippen LogP) is 2.88. The molecule has 5 heteroatoms. The van der Waals surface area contributed by atoms with Crippen molar-refractivity contribution in [1.82, 2.24) is 0 Å². The van der Waals surface area contributed by atoms with Crippen molar-refractivity contribution in [1.29, 1.82) is 0 Å². The van der Waals surface area contributed by atoms with Crippen LogP contribution < -0.4 is 9.47 Å². The van der Waals surface area contributed by atoms with E-state index in [2.05, 4.69) is 0 Å². The number of carbonyl (C=O) groups is 1. The summed E-state index contributed by atoms with van der Waals surface area (Å²) in [6.45, 7) is 0. The number of carbonyl (C=O) groups excluding carboxylic acids is 1. The van der Waals surface area contributed by atoms with E-state index in [1.54, 1.807) is 18.2 Å². The molecule has 0 aliphatic rings. The van der Waals surface area contributed by atoms with Gasteiger partial charge in [-0.1, -0.05) is 11.6 Å². The summed E-state index contributed by atoms with van der Waals surface area (Å²) in [5, 5.41) is 0.360. The van der Waals surface area contributed by atoms with Crippen LogP contribution in [0, 0.1) is 0 Å². The summed E-state index contributed by atoms with van der Waals surface area (Å²) in [4.78, 5) is 11.2. The SMILES string of the molecule is COc1ccc(Cl)c(OC(=O)CCCl)c1. The van der Waals surface area contributed by atoms with Gasteiger partial charge in [0, 0.05) is 11.9 Å². The van der Waals surface area contributed by atoms with E-state index in [0.717, 1.165) is 0 Å². The van der Waals surface area contributed by atoms with Gasteiger partial charge in [0.05, 0.1) is 18.6 Å². The quantitative estimate of drug-likeness (QED) is 0.467. The smallest absolute Gasteiger partial charge is 0.312 e. The van der Waals surface area contributed by atoms with Crippen molar-refractivity contribution >= 4 is 29.2 Å². The molecular formula is C10H10Cl2O3. The van der Waals surface area contributed by atoms with Gasteiger partial charge in [0.15, 0.2) is 5.75 Å². The molecule has 0 aromatic heterocycles. The van der Waals surface area contributed by atoms with Crippen molar-refractivity contribution in [2.45, 2.75) is 6.42 Å². The second-order valence-corrected chi connectivity index (χ2v) is 3.49. The first-order chi connectivity index (χ1) is 7.17. The lowest BCUT2D eigenvalue weighted by atomic mass is 10.3. The minimum atomic E-state index is -0.417. The molecule has 0 radical (unpaired) electrons. The number of methoxy groups -OCH3 is 1. The minimum absolute atomic E-state index is 0.148. The molecular weight excluding hydrogens is 239 g/mol. The number of rotatable bonds is 4. The molecule has 0 atom stereocenters. The zero-order valence-corrected chi connectivity index (χ0v) is 9.64. The third kappa shape index (κ3) is 3.61. The molecule has 0 N–H and O–H groups in total. The highest BCUT2D eigenvalue weighted by molar-refractivity contribution is 6.32. The maximum Gasteiger partial charge on any atom is 0.312 e. The van der Waals surface area contributed by atoms with Gasteiger partial charge in [-0.3, -0.25) is 4.79 Å². The van der Waals surface area contributed by atoms with E-state index in [1.807, 2.05) is 0 Å². The molecule has 0 aliphatic heterocycles. The van der Waals surface area contributed by atoms with Crippen LogP contribution in [0.2, 0.25) is 5.02 Å². The Bertz CT molecular complexity index is 353. The number of hydrogen-bond donors (Lipinski definition) is 0. The lowest BCUT2D eigenvalue weighted by Gasteiger charge is -2.07. The van der Waals surface area contributed by atoms with E-state index < -0.39 is 5.97 Å². The second kappa shape index (κ2) is 5.83. The van der Waals surface area contributed by atoms with Crippen LogP contribution in [0.25, 0.3) is 0 Å². The van der Waals surface area contributed by atoms with Crippen molar-refractivity contribution in [3.05, 3.63) is 23.2 Å². The van der Waals surface area contributed by atoms with Gasteiger partial charge in [-0.25, -0.2) is 0 Å². The standard InChI is InChI=1S/C10H10Cl2O3/c1-14-7-2-3-8(12)9(6-7)15-10(13)4-5-11/h2-3,6H,4-5H2,1H3. The molecule has 0 aliphatic carbocycles. The second-order valence-electron chi connectivity index (χ2n) is 2.71. The van der Waals surface area contributed by atoms with Crippen molar-refractivity contribution in [2.75, 3.05) is 13.0 Å². The summed E-state index contributed by atoms with van der Waals surface area (Å²) in [6, 6.07) is 4.83. The van der Waals surface area contributed by atoms with Crippen molar-refractivity contribution < 1.29 is 14.3 Å². The van der Waals surface area contributed by atoms with Gasteiger partial charge < -0.3 is 9.47 Å². The molecule has 0 spiro atoms. The Balaban J connectivity index is 2.79. The maximum atomic E-state index is 11.2. The van der Waals surface area contributed by atoms with Gasteiger partial charge in [-0.05, 0) is 12.1 Å². The van der Waals surface area contributed by atoms with Crippen LogP contribution in [0.15, 0.2) is 18.2 Å². The number of hydrogen-bond acceptors (Lipinski definition) is 3. The molecule has 1 aromatic carbocycles. The monoisotopic (exact) mass is 248 g/mol. The molecule has 0 heterocycles. The predicted molar refractivity (Wildman–Crippen MR) is 59.0 cm³/mol. The highest BCUT2D eigenvalue weighted by Gasteiger charge is 2.08. The topological polar surface area (TPSA) is 35.5 Å². The van der Waals surface area contributed by atoms with Crippen LogP contribution >= 0.6 is 23.2 Å². The van der Waals surface area contributed by atoms with E-state index in [0.29, 0.717) is 10.8 Å². The summed E-state index contributed by atoms with van der Waals surface area (Å²) < 4.78 is 9.97. The van der Waals surface area contributed by atoms with Crippen LogP contribution in [-0.2, 0) is 4.79 Å². The normalized spacial score (nSPS) is 9.80. The fourth-order valence-corrected chi connectivity index (χ4v) is 1.25. The third-order valence-corrected chi connectivity index (χ3v) is 2.16. The number of ether oxygens (including phenoxy) is 2. The van der Waals surface area contributed by atoms with Crippen molar-refractivity contribution in [3.8, 4) is 11.5 Å². The fraction of sp³-hybridized carbons (Fsp3) is 0.300. The Morgan fingerprint density at radius 3 is 2.80 bits per heavy atom. The summed E-state index contributed by atoms with van der Waals surface area (Å²) in [6.07, 6.45) is 0.148. The van der Waals surface area contributed by atoms with Gasteiger partial charge >= 0.3 is 5.97 Å². The van der Waals surface area contributed by atoms with E-state index in [-0.39, 0.29) is 18.1 Å². The molecule has 1 aromatic rings. The third-order valence-electron chi connectivity index (χ3n) is 1.66. The zero-order chi connectivity index (χ0) is 11.3. The molecule has 3 nitrogen and oxygen atoms in total. The first kappa shape index (κ1) is 12.1. The van der Waals surface area contributed by atoms with E-state index in [9.17, 15) is 4.79 Å². The highest BCUT2D eigenvalue weighted by Crippen LogP contribution is 2.29. The molecule has 0 fully saturated rings. The van der Waals surface area contributed by atoms with Gasteiger partial charge in [-0.15, -0.1) is 11.6 Å². The Kier molecular flexibility index (Phi) is 4.72. The number of halogens is 2. The van der Waals surface area contributed by atoms with Crippen molar-refractivity contribution in [3.63, 3.8) is 0 Å². The van der Waals surface area contributed by atoms with Crippen LogP contribution in [0.4, 0.5) is 0 Å². The van der Waals surface area contributed by atoms with Crippen LogP contribution in [-0.4, -0.2) is 19.0 Å². The van der Waals surface area contributed by atoms with E-state index >= 15 is 0 Å². The lowest BCUT2D eigenvalue weighted by Crippen LogP contribution is -2.08. The molecule has 0 saturated carbocycles. The van der Waals surface area contributed by atoms with Crippen LogP contribution in [0.1, 0.15) is 6.42 Å². The number of esters is 1. The zero-order valence-electron chi connectivity index (χ0n) is 8.13. The minimum Gasteiger partial charge on any atom is -0.497 e. The average Bonchev–Trinajstić information content (AvgIpc) is 2.21. The summed E-state index contributed by atoms with van der Waals surface area (Å²) >= 11 is 11.2. The lowest BCUT2D eigenvalue weighted by molar-refractivity contribution is -0.133. The van der Waals surface area contributed by atoms with Crippen molar-refractivity contribution in [2.24, 2.45) is 0 Å². The largest absolute Gasteiger partial charge is 0.497 e. The molecule has 0 amide bonds. The Hall–Kier alpha value is -0.930. The summed E-state index contributed by atoms with van der Waals surface area (Å²) in [7, 11) is 1.52. The van der Waals surface area contributed by atoms with Crippen LogP contribution in [0.5, 0.6) is 11.5 Å². The summed E-state index contributed by atoms with van der Waals surface area (Å²) in [5.41, 5.74) is 0. The molecule has 0 bridgehead atoms. The first-order valence-corrected chi connectivity index (χ1v) is 5.19. The van der Waals surface area contributed by atoms with E-state index in [4.69, 9.17) is 32.7 Å².